The molecule has 1 aromatic carbocycles. The third kappa shape index (κ3) is 2.69. The number of nitrogens with one attached hydrogen (secondary N) is 1. The maximum atomic E-state index is 12.6. The second-order valence-corrected chi connectivity index (χ2v) is 6.38. The summed E-state index contributed by atoms with van der Waals surface area (Å²) in [6.07, 6.45) is 3.40. The van der Waals surface area contributed by atoms with Crippen molar-refractivity contribution in [2.75, 3.05) is 5.32 Å². The van der Waals surface area contributed by atoms with Gasteiger partial charge in [-0.2, -0.15) is 5.10 Å². The molecule has 3 aromatic heterocycles. The number of fused-ring (bicyclic) bond motifs is 2. The van der Waals surface area contributed by atoms with Crippen LogP contribution in [0.15, 0.2) is 36.7 Å². The molecule has 0 radical (unpaired) electrons. The molecule has 0 saturated heterocycles. The lowest BCUT2D eigenvalue weighted by molar-refractivity contribution is 0.102. The van der Waals surface area contributed by atoms with Gasteiger partial charge in [-0.15, -0.1) is 5.10 Å². The zero-order chi connectivity index (χ0) is 18.3. The van der Waals surface area contributed by atoms with Gasteiger partial charge in [0.25, 0.3) is 5.91 Å². The lowest BCUT2D eigenvalue weighted by Crippen LogP contribution is -2.12. The van der Waals surface area contributed by atoms with Crippen molar-refractivity contribution in [2.24, 2.45) is 0 Å². The molecule has 8 nitrogen and oxygen atoms in total. The van der Waals surface area contributed by atoms with Crippen LogP contribution in [0.1, 0.15) is 37.2 Å². The molecule has 0 aliphatic carbocycles. The molecule has 4 rings (SSSR count). The van der Waals surface area contributed by atoms with Crippen LogP contribution in [-0.2, 0) is 6.54 Å². The Kier molecular flexibility index (Phi) is 3.87. The number of aryl methyl sites for hydroxylation is 1. The number of aromatic nitrogens is 6. The third-order valence-corrected chi connectivity index (χ3v) is 4.26. The Bertz CT molecular complexity index is 1110. The van der Waals surface area contributed by atoms with Crippen LogP contribution in [0.4, 0.5) is 5.69 Å². The second kappa shape index (κ2) is 6.21. The van der Waals surface area contributed by atoms with Gasteiger partial charge in [0.1, 0.15) is 5.52 Å². The van der Waals surface area contributed by atoms with E-state index in [9.17, 15) is 4.79 Å². The van der Waals surface area contributed by atoms with Gasteiger partial charge in [-0.05, 0) is 45.0 Å². The average Bonchev–Trinajstić information content (AvgIpc) is 3.24. The molecule has 0 spiro atoms. The maximum absolute atomic E-state index is 12.6. The Morgan fingerprint density at radius 3 is 2.85 bits per heavy atom. The molecule has 0 unspecified atom stereocenters. The van der Waals surface area contributed by atoms with Gasteiger partial charge < -0.3 is 5.32 Å². The van der Waals surface area contributed by atoms with Crippen molar-refractivity contribution in [1.82, 2.24) is 29.8 Å². The molecule has 0 aliphatic heterocycles. The van der Waals surface area contributed by atoms with Crippen LogP contribution in [0.2, 0.25) is 0 Å². The minimum atomic E-state index is -0.213. The predicted molar refractivity (Wildman–Crippen MR) is 99.1 cm³/mol. The summed E-state index contributed by atoms with van der Waals surface area (Å²) >= 11 is 0. The van der Waals surface area contributed by atoms with Crippen molar-refractivity contribution in [3.05, 3.63) is 42.2 Å². The number of rotatable bonds is 4. The van der Waals surface area contributed by atoms with Crippen molar-refractivity contribution in [1.29, 1.82) is 0 Å². The molecule has 0 fully saturated rings. The van der Waals surface area contributed by atoms with Crippen molar-refractivity contribution in [3.8, 4) is 0 Å². The Morgan fingerprint density at radius 1 is 1.23 bits per heavy atom. The van der Waals surface area contributed by atoms with E-state index in [4.69, 9.17) is 0 Å². The lowest BCUT2D eigenvalue weighted by atomic mass is 10.2. The molecule has 0 saturated carbocycles. The van der Waals surface area contributed by atoms with Crippen LogP contribution < -0.4 is 5.32 Å². The van der Waals surface area contributed by atoms with Crippen LogP contribution in [0.3, 0.4) is 0 Å². The van der Waals surface area contributed by atoms with Gasteiger partial charge in [-0.25, -0.2) is 14.3 Å². The molecule has 0 atom stereocenters. The van der Waals surface area contributed by atoms with E-state index in [0.29, 0.717) is 16.8 Å². The highest BCUT2D eigenvalue weighted by Gasteiger charge is 2.12. The Labute approximate surface area is 149 Å². The highest BCUT2D eigenvalue weighted by molar-refractivity contribution is 6.06. The highest BCUT2D eigenvalue weighted by Crippen LogP contribution is 2.20. The highest BCUT2D eigenvalue weighted by atomic mass is 16.1. The zero-order valence-electron chi connectivity index (χ0n) is 14.8. The first kappa shape index (κ1) is 16.2. The smallest absolute Gasteiger partial charge is 0.255 e. The van der Waals surface area contributed by atoms with Gasteiger partial charge in [0.15, 0.2) is 5.65 Å². The Hall–Kier alpha value is -3.29. The molecule has 0 bridgehead atoms. The van der Waals surface area contributed by atoms with Crippen molar-refractivity contribution in [3.63, 3.8) is 0 Å². The van der Waals surface area contributed by atoms with Crippen LogP contribution in [-0.4, -0.2) is 35.7 Å². The Morgan fingerprint density at radius 2 is 2.08 bits per heavy atom. The summed E-state index contributed by atoms with van der Waals surface area (Å²) in [6.45, 7) is 6.83. The molecule has 3 heterocycles. The third-order valence-electron chi connectivity index (χ3n) is 4.26. The minimum Gasteiger partial charge on any atom is -0.321 e. The zero-order valence-corrected chi connectivity index (χ0v) is 14.8. The summed E-state index contributed by atoms with van der Waals surface area (Å²) in [7, 11) is 0. The number of amides is 1. The fourth-order valence-corrected chi connectivity index (χ4v) is 2.94. The fraction of sp³-hybridized carbons (Fsp3) is 0.278. The molecule has 0 aliphatic rings. The van der Waals surface area contributed by atoms with Gasteiger partial charge in [0.05, 0.1) is 23.6 Å². The number of pyridine rings is 1. The molecular weight excluding hydrogens is 330 g/mol. The molecular formula is C18H19N7O. The number of carbonyl (C=O) groups excluding carboxylic acids is 1. The van der Waals surface area contributed by atoms with E-state index in [0.717, 1.165) is 23.1 Å². The Balaban J connectivity index is 1.60. The van der Waals surface area contributed by atoms with Crippen LogP contribution in [0.5, 0.6) is 0 Å². The van der Waals surface area contributed by atoms with E-state index in [-0.39, 0.29) is 11.9 Å². The molecule has 1 N–H and O–H groups in total. The van der Waals surface area contributed by atoms with E-state index < -0.39 is 0 Å². The van der Waals surface area contributed by atoms with Crippen LogP contribution in [0, 0.1) is 0 Å². The standard InChI is InChI=1S/C18H19N7O/c1-4-24-16-6-5-12(8-15(16)22-23-24)18(26)21-14-7-13-9-20-25(11(2)3)17(13)19-10-14/h5-11H,4H2,1-3H3,(H,21,26). The van der Waals surface area contributed by atoms with Crippen LogP contribution in [0.25, 0.3) is 22.1 Å². The van der Waals surface area contributed by atoms with Gasteiger partial charge in [-0.3, -0.25) is 4.79 Å². The first-order valence-corrected chi connectivity index (χ1v) is 8.54. The predicted octanol–water partition coefficient (Wildman–Crippen LogP) is 3.03. The molecule has 1 amide bonds. The first-order valence-electron chi connectivity index (χ1n) is 8.54. The monoisotopic (exact) mass is 349 g/mol. The molecule has 132 valence electrons. The number of carbonyl (C=O) groups is 1. The average molecular weight is 349 g/mol. The van der Waals surface area contributed by atoms with E-state index in [1.807, 2.05) is 23.7 Å². The maximum Gasteiger partial charge on any atom is 0.255 e. The summed E-state index contributed by atoms with van der Waals surface area (Å²) < 4.78 is 3.65. The van der Waals surface area contributed by atoms with E-state index >= 15 is 0 Å². The molecule has 26 heavy (non-hydrogen) atoms. The SMILES string of the molecule is CCn1nnc2cc(C(=O)Nc3cnc4c(cnn4C(C)C)c3)ccc21. The summed E-state index contributed by atoms with van der Waals surface area (Å²) in [5, 5.41) is 16.3. The summed E-state index contributed by atoms with van der Waals surface area (Å²) in [5.74, 6) is -0.213. The largest absolute Gasteiger partial charge is 0.321 e. The number of hydrogen-bond acceptors (Lipinski definition) is 5. The summed E-state index contributed by atoms with van der Waals surface area (Å²) in [6, 6.07) is 7.48. The van der Waals surface area contributed by atoms with Gasteiger partial charge in [0.2, 0.25) is 0 Å². The number of nitrogens with zero attached hydrogens (tertiary/aromatic N) is 6. The van der Waals surface area contributed by atoms with Gasteiger partial charge in [0, 0.05) is 23.5 Å². The molecule has 4 aromatic rings. The van der Waals surface area contributed by atoms with E-state index in [2.05, 4.69) is 39.6 Å². The van der Waals surface area contributed by atoms with Crippen LogP contribution >= 0.6 is 0 Å². The van der Waals surface area contributed by atoms with E-state index in [1.165, 1.54) is 0 Å². The summed E-state index contributed by atoms with van der Waals surface area (Å²) in [5.41, 5.74) is 3.57. The topological polar surface area (TPSA) is 90.5 Å². The number of anilines is 1. The van der Waals surface area contributed by atoms with Crippen molar-refractivity contribution < 1.29 is 4.79 Å². The second-order valence-electron chi connectivity index (χ2n) is 6.38. The quantitative estimate of drug-likeness (QED) is 0.611. The number of hydrogen-bond donors (Lipinski definition) is 1. The number of benzene rings is 1. The molecule has 8 heteroatoms. The normalized spacial score (nSPS) is 11.5. The van der Waals surface area contributed by atoms with Crippen molar-refractivity contribution in [2.45, 2.75) is 33.4 Å². The minimum absolute atomic E-state index is 0.213. The van der Waals surface area contributed by atoms with Crippen molar-refractivity contribution >= 4 is 33.7 Å². The lowest BCUT2D eigenvalue weighted by Gasteiger charge is -2.08. The van der Waals surface area contributed by atoms with E-state index in [1.54, 1.807) is 29.2 Å². The van der Waals surface area contributed by atoms with Gasteiger partial charge in [-0.1, -0.05) is 5.21 Å². The fourth-order valence-electron chi connectivity index (χ4n) is 2.94. The summed E-state index contributed by atoms with van der Waals surface area (Å²) in [4.78, 5) is 17.0. The van der Waals surface area contributed by atoms with Gasteiger partial charge >= 0.3 is 0 Å². The first-order chi connectivity index (χ1) is 12.6.